The Morgan fingerprint density at radius 3 is 1.89 bits per heavy atom. The van der Waals surface area contributed by atoms with E-state index in [-0.39, 0.29) is 0 Å². The van der Waals surface area contributed by atoms with Crippen LogP contribution in [-0.4, -0.2) is 29.0 Å². The molecule has 4 aromatic rings. The fourth-order valence-corrected chi connectivity index (χ4v) is 2.82. The van der Waals surface area contributed by atoms with Gasteiger partial charge in [-0.2, -0.15) is 5.10 Å². The smallest absolute Gasteiger partial charge is 0.140 e. The van der Waals surface area contributed by atoms with Crippen molar-refractivity contribution in [3.05, 3.63) is 58.8 Å². The molecule has 0 spiro atoms. The molecule has 0 saturated carbocycles. The van der Waals surface area contributed by atoms with Crippen LogP contribution in [0.2, 0.25) is 0 Å². The summed E-state index contributed by atoms with van der Waals surface area (Å²) in [6, 6.07) is 4.03. The standard InChI is InChI=1S/2C9H11N3.2C2H6/c1-6-4-9-11-7(2)5-12(9)8(3)10-6;1-6-4-9-8(3)10-7(2)5-12(9)11-6;2*1-2/h2*4-5H,1-3H3;2*1-2H3. The van der Waals surface area contributed by atoms with Crippen molar-refractivity contribution in [1.29, 1.82) is 0 Å². The summed E-state index contributed by atoms with van der Waals surface area (Å²) in [4.78, 5) is 13.1. The Morgan fingerprint density at radius 1 is 0.643 bits per heavy atom. The van der Waals surface area contributed by atoms with Gasteiger partial charge in [0.05, 0.1) is 34.5 Å². The predicted octanol–water partition coefficient (Wildman–Crippen LogP) is 5.36. The topological polar surface area (TPSA) is 60.4 Å². The van der Waals surface area contributed by atoms with Crippen molar-refractivity contribution >= 4 is 11.2 Å². The van der Waals surface area contributed by atoms with Crippen molar-refractivity contribution in [2.45, 2.75) is 69.2 Å². The summed E-state index contributed by atoms with van der Waals surface area (Å²) in [5.74, 6) is 0.991. The van der Waals surface area contributed by atoms with E-state index >= 15 is 0 Å². The Hall–Kier alpha value is -2.76. The zero-order chi connectivity index (χ0) is 21.4. The normalized spacial score (nSPS) is 9.79. The van der Waals surface area contributed by atoms with Crippen molar-refractivity contribution in [1.82, 2.24) is 29.0 Å². The highest BCUT2D eigenvalue weighted by Crippen LogP contribution is 2.10. The van der Waals surface area contributed by atoms with Crippen LogP contribution in [0.4, 0.5) is 0 Å². The number of hydrogen-bond acceptors (Lipinski definition) is 4. The van der Waals surface area contributed by atoms with Gasteiger partial charge in [-0.25, -0.2) is 14.5 Å². The van der Waals surface area contributed by atoms with E-state index in [1.54, 1.807) is 0 Å². The summed E-state index contributed by atoms with van der Waals surface area (Å²) < 4.78 is 3.88. The van der Waals surface area contributed by atoms with Gasteiger partial charge < -0.3 is 0 Å². The summed E-state index contributed by atoms with van der Waals surface area (Å²) in [6.45, 7) is 19.9. The average molecular weight is 383 g/mol. The van der Waals surface area contributed by atoms with Crippen LogP contribution < -0.4 is 0 Å². The fraction of sp³-hybridized carbons (Fsp3) is 0.455. The molecule has 0 saturated heterocycles. The predicted molar refractivity (Wildman–Crippen MR) is 117 cm³/mol. The van der Waals surface area contributed by atoms with Crippen molar-refractivity contribution in [2.24, 2.45) is 0 Å². The van der Waals surface area contributed by atoms with Crippen LogP contribution in [0.3, 0.4) is 0 Å². The molecule has 0 aliphatic heterocycles. The molecule has 4 rings (SSSR count). The van der Waals surface area contributed by atoms with E-state index in [1.807, 2.05) is 103 Å². The number of hydrogen-bond donors (Lipinski definition) is 0. The zero-order valence-corrected chi connectivity index (χ0v) is 19.0. The lowest BCUT2D eigenvalue weighted by Crippen LogP contribution is -1.95. The second kappa shape index (κ2) is 10.5. The molecule has 0 unspecified atom stereocenters. The lowest BCUT2D eigenvalue weighted by atomic mass is 10.3. The third-order valence-corrected chi connectivity index (χ3v) is 3.76. The van der Waals surface area contributed by atoms with E-state index < -0.39 is 0 Å². The molecule has 0 atom stereocenters. The van der Waals surface area contributed by atoms with Crippen molar-refractivity contribution < 1.29 is 0 Å². The number of aryl methyl sites for hydroxylation is 6. The Labute approximate surface area is 168 Å². The number of fused-ring (bicyclic) bond motifs is 2. The van der Waals surface area contributed by atoms with Gasteiger partial charge in [0.1, 0.15) is 11.5 Å². The van der Waals surface area contributed by atoms with E-state index in [9.17, 15) is 0 Å². The van der Waals surface area contributed by atoms with Crippen LogP contribution in [0.15, 0.2) is 24.5 Å². The second-order valence-corrected chi connectivity index (χ2v) is 6.14. The van der Waals surface area contributed by atoms with E-state index in [0.717, 1.165) is 45.5 Å². The van der Waals surface area contributed by atoms with Gasteiger partial charge in [0.25, 0.3) is 0 Å². The van der Waals surface area contributed by atoms with Crippen LogP contribution in [0.5, 0.6) is 0 Å². The lowest BCUT2D eigenvalue weighted by Gasteiger charge is -1.98. The first kappa shape index (κ1) is 23.3. The minimum absolute atomic E-state index is 0.984. The molecular formula is C22H34N6. The van der Waals surface area contributed by atoms with Crippen LogP contribution in [0, 0.1) is 41.5 Å². The highest BCUT2D eigenvalue weighted by atomic mass is 15.2. The van der Waals surface area contributed by atoms with Gasteiger partial charge >= 0.3 is 0 Å². The molecule has 6 heteroatoms. The van der Waals surface area contributed by atoms with E-state index in [4.69, 9.17) is 0 Å². The summed E-state index contributed by atoms with van der Waals surface area (Å²) in [5, 5.41) is 4.31. The number of nitrogens with zero attached hydrogens (tertiary/aromatic N) is 6. The third kappa shape index (κ3) is 5.62. The van der Waals surface area contributed by atoms with Gasteiger partial charge in [0.15, 0.2) is 0 Å². The van der Waals surface area contributed by atoms with E-state index in [0.29, 0.717) is 0 Å². The molecule has 0 aliphatic rings. The maximum Gasteiger partial charge on any atom is 0.140 e. The van der Waals surface area contributed by atoms with Gasteiger partial charge in [-0.3, -0.25) is 9.38 Å². The number of imidazole rings is 1. The summed E-state index contributed by atoms with van der Waals surface area (Å²) in [5.41, 5.74) is 7.20. The summed E-state index contributed by atoms with van der Waals surface area (Å²) in [7, 11) is 0. The molecule has 152 valence electrons. The monoisotopic (exact) mass is 382 g/mol. The molecule has 0 aliphatic carbocycles. The number of aromatic nitrogens is 6. The highest BCUT2D eigenvalue weighted by molar-refractivity contribution is 5.51. The van der Waals surface area contributed by atoms with Gasteiger partial charge in [-0.1, -0.05) is 27.7 Å². The van der Waals surface area contributed by atoms with Crippen molar-refractivity contribution in [2.75, 3.05) is 0 Å². The molecule has 0 bridgehead atoms. The summed E-state index contributed by atoms with van der Waals surface area (Å²) in [6.07, 6.45) is 3.94. The molecule has 4 aromatic heterocycles. The fourth-order valence-electron chi connectivity index (χ4n) is 2.82. The van der Waals surface area contributed by atoms with Gasteiger partial charge in [0, 0.05) is 18.0 Å². The minimum Gasteiger partial charge on any atom is -0.288 e. The Balaban J connectivity index is 0.000000238. The van der Waals surface area contributed by atoms with Crippen LogP contribution >= 0.6 is 0 Å². The Bertz CT molecular complexity index is 943. The second-order valence-electron chi connectivity index (χ2n) is 6.14. The van der Waals surface area contributed by atoms with Gasteiger partial charge in [-0.15, -0.1) is 0 Å². The molecule has 6 nitrogen and oxygen atoms in total. The summed E-state index contributed by atoms with van der Waals surface area (Å²) >= 11 is 0. The molecule has 0 aromatic carbocycles. The first-order valence-corrected chi connectivity index (χ1v) is 9.93. The van der Waals surface area contributed by atoms with Crippen molar-refractivity contribution in [3.8, 4) is 0 Å². The largest absolute Gasteiger partial charge is 0.288 e. The highest BCUT2D eigenvalue weighted by Gasteiger charge is 2.02. The van der Waals surface area contributed by atoms with Crippen LogP contribution in [0.25, 0.3) is 11.2 Å². The number of rotatable bonds is 0. The first-order chi connectivity index (χ1) is 13.3. The maximum atomic E-state index is 4.36. The molecule has 0 N–H and O–H groups in total. The average Bonchev–Trinajstić information content (AvgIpc) is 3.21. The van der Waals surface area contributed by atoms with Crippen LogP contribution in [0.1, 0.15) is 62.0 Å². The zero-order valence-electron chi connectivity index (χ0n) is 19.0. The van der Waals surface area contributed by atoms with E-state index in [2.05, 4.69) is 20.1 Å². The minimum atomic E-state index is 0.984. The van der Waals surface area contributed by atoms with Crippen LogP contribution in [-0.2, 0) is 0 Å². The third-order valence-electron chi connectivity index (χ3n) is 3.76. The molecule has 28 heavy (non-hydrogen) atoms. The van der Waals surface area contributed by atoms with E-state index in [1.165, 1.54) is 0 Å². The molecule has 0 fully saturated rings. The molecule has 4 heterocycles. The van der Waals surface area contributed by atoms with Gasteiger partial charge in [0.2, 0.25) is 0 Å². The SMILES string of the molecule is CC.CC.Cc1cc2nc(C)cn2c(C)n1.Cc1cn2nc(C)cc2c(C)n1. The Kier molecular flexibility index (Phi) is 8.76. The van der Waals surface area contributed by atoms with Gasteiger partial charge in [-0.05, 0) is 47.6 Å². The maximum absolute atomic E-state index is 4.36. The first-order valence-electron chi connectivity index (χ1n) is 9.93. The molecule has 0 radical (unpaired) electrons. The quantitative estimate of drug-likeness (QED) is 0.411. The molecular weight excluding hydrogens is 348 g/mol. The lowest BCUT2D eigenvalue weighted by molar-refractivity contribution is 0.897. The Morgan fingerprint density at radius 2 is 1.25 bits per heavy atom. The molecule has 0 amide bonds. The van der Waals surface area contributed by atoms with Crippen molar-refractivity contribution in [3.63, 3.8) is 0 Å².